The summed E-state index contributed by atoms with van der Waals surface area (Å²) >= 11 is 3.47. The number of nitrogens with one attached hydrogen (secondary N) is 2. The van der Waals surface area contributed by atoms with Gasteiger partial charge in [0.05, 0.1) is 10.2 Å². The molecule has 0 spiro atoms. The molecule has 0 unspecified atom stereocenters. The van der Waals surface area contributed by atoms with Gasteiger partial charge in [-0.15, -0.1) is 0 Å². The van der Waals surface area contributed by atoms with E-state index in [1.54, 1.807) is 31.1 Å². The van der Waals surface area contributed by atoms with Gasteiger partial charge in [-0.2, -0.15) is 4.98 Å². The first-order valence-corrected chi connectivity index (χ1v) is 13.6. The van der Waals surface area contributed by atoms with Crippen molar-refractivity contribution < 1.29 is 4.57 Å². The first-order chi connectivity index (χ1) is 15.1. The largest absolute Gasteiger partial charge is 0.339 e. The molecule has 0 bridgehead atoms. The molecule has 1 aliphatic rings. The Hall–Kier alpha value is -2.48. The Labute approximate surface area is 195 Å². The maximum atomic E-state index is 12.9. The summed E-state index contributed by atoms with van der Waals surface area (Å²) in [6.07, 6.45) is 2.47. The van der Waals surface area contributed by atoms with E-state index in [2.05, 4.69) is 48.5 Å². The number of para-hydroxylation sites is 1. The summed E-state index contributed by atoms with van der Waals surface area (Å²) in [6, 6.07) is 9.36. The Balaban J connectivity index is 1.67. The molecule has 3 aromatic rings. The molecular formula is C22H26BrN6O2P. The van der Waals surface area contributed by atoms with Crippen LogP contribution in [-0.2, 0) is 24.6 Å². The van der Waals surface area contributed by atoms with Crippen molar-refractivity contribution in [3.63, 3.8) is 0 Å². The second kappa shape index (κ2) is 8.81. The van der Waals surface area contributed by atoms with Gasteiger partial charge in [0.25, 0.3) is 5.56 Å². The van der Waals surface area contributed by atoms with E-state index in [0.29, 0.717) is 21.9 Å². The van der Waals surface area contributed by atoms with Crippen LogP contribution in [0.2, 0.25) is 0 Å². The number of rotatable bonds is 5. The molecule has 0 aliphatic carbocycles. The molecule has 1 aliphatic heterocycles. The molecule has 0 amide bonds. The first-order valence-electron chi connectivity index (χ1n) is 10.2. The van der Waals surface area contributed by atoms with Crippen molar-refractivity contribution in [2.75, 3.05) is 37.6 Å². The molecule has 2 aromatic heterocycles. The fourth-order valence-electron chi connectivity index (χ4n) is 3.87. The predicted octanol–water partition coefficient (Wildman–Crippen LogP) is 3.66. The quantitative estimate of drug-likeness (QED) is 0.500. The Morgan fingerprint density at radius 1 is 1.12 bits per heavy atom. The summed E-state index contributed by atoms with van der Waals surface area (Å²) in [5.41, 5.74) is 3.23. The van der Waals surface area contributed by atoms with Crippen LogP contribution in [0.25, 0.3) is 0 Å². The van der Waals surface area contributed by atoms with E-state index in [9.17, 15) is 9.36 Å². The van der Waals surface area contributed by atoms with Gasteiger partial charge < -0.3 is 24.7 Å². The first kappa shape index (κ1) is 22.7. The van der Waals surface area contributed by atoms with Crippen LogP contribution in [0.5, 0.6) is 0 Å². The molecule has 4 rings (SSSR count). The minimum absolute atomic E-state index is 0.113. The maximum absolute atomic E-state index is 12.9. The van der Waals surface area contributed by atoms with Gasteiger partial charge in [-0.05, 0) is 60.1 Å². The second-order valence-electron chi connectivity index (χ2n) is 8.39. The molecule has 0 atom stereocenters. The fourth-order valence-corrected chi connectivity index (χ4v) is 5.32. The number of anilines is 4. The van der Waals surface area contributed by atoms with Crippen LogP contribution in [0.1, 0.15) is 11.3 Å². The number of benzene rings is 1. The summed E-state index contributed by atoms with van der Waals surface area (Å²) < 4.78 is 15.1. The zero-order chi connectivity index (χ0) is 23.0. The molecule has 0 fully saturated rings. The average molecular weight is 517 g/mol. The number of fused-ring (bicyclic) bond motifs is 1. The van der Waals surface area contributed by atoms with E-state index in [1.807, 2.05) is 30.3 Å². The number of hydrogen-bond donors (Lipinski definition) is 2. The average Bonchev–Trinajstić information content (AvgIpc) is 2.73. The van der Waals surface area contributed by atoms with Crippen molar-refractivity contribution >= 4 is 51.5 Å². The van der Waals surface area contributed by atoms with E-state index in [0.717, 1.165) is 41.8 Å². The van der Waals surface area contributed by atoms with Gasteiger partial charge in [-0.3, -0.25) is 4.79 Å². The molecule has 2 N–H and O–H groups in total. The highest BCUT2D eigenvalue weighted by molar-refractivity contribution is 9.10. The zero-order valence-electron chi connectivity index (χ0n) is 18.5. The summed E-state index contributed by atoms with van der Waals surface area (Å²) in [7, 11) is 1.39. The summed E-state index contributed by atoms with van der Waals surface area (Å²) in [6.45, 7) is 5.19. The van der Waals surface area contributed by atoms with Crippen LogP contribution in [-0.4, -0.2) is 46.4 Å². The van der Waals surface area contributed by atoms with E-state index in [1.165, 1.54) is 0 Å². The van der Waals surface area contributed by atoms with Gasteiger partial charge in [-0.1, -0.05) is 12.1 Å². The van der Waals surface area contributed by atoms with Crippen LogP contribution in [0.15, 0.2) is 45.8 Å². The number of nitrogens with zero attached hydrogens (tertiary/aromatic N) is 4. The number of hydrogen-bond acceptors (Lipinski definition) is 7. The molecule has 32 heavy (non-hydrogen) atoms. The second-order valence-corrected chi connectivity index (χ2v) is 12.4. The van der Waals surface area contributed by atoms with Crippen molar-refractivity contribution in [2.45, 2.75) is 13.0 Å². The maximum Gasteiger partial charge on any atom is 0.274 e. The molecule has 8 nitrogen and oxygen atoms in total. The highest BCUT2D eigenvalue weighted by Gasteiger charge is 2.20. The van der Waals surface area contributed by atoms with Gasteiger partial charge in [0.2, 0.25) is 5.95 Å². The highest BCUT2D eigenvalue weighted by atomic mass is 79.9. The minimum atomic E-state index is -2.49. The lowest BCUT2D eigenvalue weighted by molar-refractivity contribution is 0.306. The van der Waals surface area contributed by atoms with Gasteiger partial charge >= 0.3 is 0 Å². The van der Waals surface area contributed by atoms with Crippen LogP contribution >= 0.6 is 23.1 Å². The lowest BCUT2D eigenvalue weighted by Gasteiger charge is -2.27. The smallest absolute Gasteiger partial charge is 0.274 e. The van der Waals surface area contributed by atoms with Crippen molar-refractivity contribution in [1.82, 2.24) is 19.4 Å². The lowest BCUT2D eigenvalue weighted by atomic mass is 10.1. The normalized spacial score (nSPS) is 14.2. The zero-order valence-corrected chi connectivity index (χ0v) is 21.0. The number of halogens is 1. The van der Waals surface area contributed by atoms with E-state index < -0.39 is 7.14 Å². The molecule has 0 saturated heterocycles. The number of pyridine rings is 1. The Morgan fingerprint density at radius 3 is 2.62 bits per heavy atom. The summed E-state index contributed by atoms with van der Waals surface area (Å²) in [4.78, 5) is 24.0. The summed E-state index contributed by atoms with van der Waals surface area (Å²) in [5, 5.41) is 7.08. The monoisotopic (exact) mass is 516 g/mol. The van der Waals surface area contributed by atoms with Gasteiger partial charge in [0.15, 0.2) is 0 Å². The molecule has 0 radical (unpaired) electrons. The predicted molar refractivity (Wildman–Crippen MR) is 134 cm³/mol. The van der Waals surface area contributed by atoms with Gasteiger partial charge in [0, 0.05) is 43.8 Å². The third kappa shape index (κ3) is 4.65. The van der Waals surface area contributed by atoms with E-state index in [4.69, 9.17) is 0 Å². The molecule has 1 aromatic carbocycles. The van der Waals surface area contributed by atoms with Crippen molar-refractivity contribution in [3.05, 3.63) is 62.6 Å². The molecule has 168 valence electrons. The summed E-state index contributed by atoms with van der Waals surface area (Å²) in [5.74, 6) is 0.809. The van der Waals surface area contributed by atoms with E-state index >= 15 is 0 Å². The van der Waals surface area contributed by atoms with Crippen molar-refractivity contribution in [1.29, 1.82) is 0 Å². The third-order valence-electron chi connectivity index (χ3n) is 5.53. The molecular weight excluding hydrogens is 491 g/mol. The number of likely N-dealkylation sites (N-methyl/N-ethyl adjacent to an activating group) is 1. The van der Waals surface area contributed by atoms with Crippen molar-refractivity contribution in [3.8, 4) is 0 Å². The lowest BCUT2D eigenvalue weighted by Crippen LogP contribution is -2.33. The van der Waals surface area contributed by atoms with E-state index in [-0.39, 0.29) is 5.56 Å². The Kier molecular flexibility index (Phi) is 6.25. The van der Waals surface area contributed by atoms with Gasteiger partial charge in [-0.25, -0.2) is 4.98 Å². The van der Waals surface area contributed by atoms with Crippen LogP contribution < -0.4 is 21.5 Å². The van der Waals surface area contributed by atoms with Crippen LogP contribution in [0.4, 0.5) is 23.1 Å². The molecule has 3 heterocycles. The molecule has 0 saturated carbocycles. The van der Waals surface area contributed by atoms with Crippen LogP contribution in [0.3, 0.4) is 0 Å². The third-order valence-corrected chi connectivity index (χ3v) is 7.66. The molecule has 10 heteroatoms. The van der Waals surface area contributed by atoms with Gasteiger partial charge in [0.1, 0.15) is 18.6 Å². The Bertz CT molecular complexity index is 1290. The Morgan fingerprint density at radius 2 is 1.88 bits per heavy atom. The van der Waals surface area contributed by atoms with Crippen LogP contribution in [0, 0.1) is 0 Å². The number of aromatic nitrogens is 3. The minimum Gasteiger partial charge on any atom is -0.339 e. The fraction of sp³-hybridized carbons (Fsp3) is 0.318. The SMILES string of the molecule is CN1CCc2c(cc(Nc3ncc(Br)c(Nc4ccccc4P(C)(C)=O)n3)c(=O)n2C)C1. The topological polar surface area (TPSA) is 92.2 Å². The highest BCUT2D eigenvalue weighted by Crippen LogP contribution is 2.38. The standard InChI is InChI=1S/C22H26BrN6O2P/c1-28-10-9-18-14(13-28)11-17(21(30)29(18)2)26-22-24-12-15(23)20(27-22)25-16-7-5-6-8-19(16)32(3,4)31/h5-8,11-12H,9-10,13H2,1-4H3,(H2,24,25,26,27). The van der Waals surface area contributed by atoms with Crippen molar-refractivity contribution in [2.24, 2.45) is 7.05 Å².